The first-order valence-electron chi connectivity index (χ1n) is 6.82. The van der Waals surface area contributed by atoms with Crippen LogP contribution in [0.2, 0.25) is 5.02 Å². The summed E-state index contributed by atoms with van der Waals surface area (Å²) < 4.78 is 0. The fraction of sp³-hybridized carbons (Fsp3) is 0.600. The number of nitrogens with one attached hydrogen (secondary N) is 1. The normalized spacial score (nSPS) is 15.4. The summed E-state index contributed by atoms with van der Waals surface area (Å²) in [7, 11) is 0. The number of unbranched alkanes of at least 4 members (excludes halogenated alkanes) is 2. The van der Waals surface area contributed by atoms with Crippen LogP contribution in [0.25, 0.3) is 0 Å². The zero-order chi connectivity index (χ0) is 12.1. The van der Waals surface area contributed by atoms with E-state index in [2.05, 4.69) is 24.4 Å². The Morgan fingerprint density at radius 3 is 2.82 bits per heavy atom. The van der Waals surface area contributed by atoms with Gasteiger partial charge in [0.25, 0.3) is 0 Å². The lowest BCUT2D eigenvalue weighted by molar-refractivity contribution is 0.701. The molecule has 1 aliphatic heterocycles. The predicted molar refractivity (Wildman–Crippen MR) is 75.0 cm³/mol. The SMILES string of the molecule is CCCCCc1c(Cl)ccc2c1CCNCC2. The van der Waals surface area contributed by atoms with Gasteiger partial charge in [-0.15, -0.1) is 0 Å². The van der Waals surface area contributed by atoms with Gasteiger partial charge in [0, 0.05) is 5.02 Å². The Hall–Kier alpha value is -0.530. The third kappa shape index (κ3) is 3.23. The molecule has 1 N–H and O–H groups in total. The van der Waals surface area contributed by atoms with Gasteiger partial charge in [0.2, 0.25) is 0 Å². The highest BCUT2D eigenvalue weighted by Crippen LogP contribution is 2.27. The van der Waals surface area contributed by atoms with Crippen molar-refractivity contribution < 1.29 is 0 Å². The molecule has 0 amide bonds. The molecule has 0 aliphatic carbocycles. The van der Waals surface area contributed by atoms with Gasteiger partial charge in [-0.1, -0.05) is 37.4 Å². The molecule has 17 heavy (non-hydrogen) atoms. The lowest BCUT2D eigenvalue weighted by Gasteiger charge is -2.14. The molecular formula is C15H22ClN. The number of hydrogen-bond donors (Lipinski definition) is 1. The van der Waals surface area contributed by atoms with E-state index in [1.807, 2.05) is 0 Å². The Kier molecular flexibility index (Phi) is 4.87. The van der Waals surface area contributed by atoms with E-state index in [-0.39, 0.29) is 0 Å². The quantitative estimate of drug-likeness (QED) is 0.804. The van der Waals surface area contributed by atoms with Crippen molar-refractivity contribution in [2.45, 2.75) is 45.4 Å². The Bertz CT molecular complexity index is 373. The maximum atomic E-state index is 6.37. The molecule has 1 aromatic carbocycles. The molecule has 0 fully saturated rings. The van der Waals surface area contributed by atoms with Crippen LogP contribution in [0, 0.1) is 0 Å². The van der Waals surface area contributed by atoms with E-state index in [4.69, 9.17) is 11.6 Å². The fourth-order valence-corrected chi connectivity index (χ4v) is 2.91. The Balaban J connectivity index is 2.22. The smallest absolute Gasteiger partial charge is 0.0440 e. The maximum Gasteiger partial charge on any atom is 0.0440 e. The minimum atomic E-state index is 0.974. The standard InChI is InChI=1S/C15H22ClN/c1-2-3-4-5-14-13-9-11-17-10-8-12(13)6-7-15(14)16/h6-7,17H,2-5,8-11H2,1H3. The van der Waals surface area contributed by atoms with Crippen molar-refractivity contribution >= 4 is 11.6 Å². The van der Waals surface area contributed by atoms with E-state index < -0.39 is 0 Å². The van der Waals surface area contributed by atoms with Crippen molar-refractivity contribution in [3.63, 3.8) is 0 Å². The highest BCUT2D eigenvalue weighted by molar-refractivity contribution is 6.31. The van der Waals surface area contributed by atoms with Crippen LogP contribution in [0.3, 0.4) is 0 Å². The second-order valence-electron chi connectivity index (χ2n) is 4.87. The van der Waals surface area contributed by atoms with Crippen LogP contribution < -0.4 is 5.32 Å². The molecule has 0 saturated heterocycles. The number of fused-ring (bicyclic) bond motifs is 1. The van der Waals surface area contributed by atoms with E-state index in [0.717, 1.165) is 37.4 Å². The molecular weight excluding hydrogens is 230 g/mol. The molecule has 0 radical (unpaired) electrons. The molecule has 0 saturated carbocycles. The van der Waals surface area contributed by atoms with Crippen molar-refractivity contribution in [2.75, 3.05) is 13.1 Å². The van der Waals surface area contributed by atoms with Crippen LogP contribution in [0.1, 0.15) is 42.9 Å². The van der Waals surface area contributed by atoms with Gasteiger partial charge in [0.05, 0.1) is 0 Å². The fourth-order valence-electron chi connectivity index (χ4n) is 2.64. The van der Waals surface area contributed by atoms with Gasteiger partial charge in [0.15, 0.2) is 0 Å². The third-order valence-electron chi connectivity index (χ3n) is 3.62. The number of halogens is 1. The second-order valence-corrected chi connectivity index (χ2v) is 5.28. The summed E-state index contributed by atoms with van der Waals surface area (Å²) in [5.41, 5.74) is 4.45. The van der Waals surface area contributed by atoms with Gasteiger partial charge in [-0.3, -0.25) is 0 Å². The maximum absolute atomic E-state index is 6.37. The molecule has 0 bridgehead atoms. The van der Waals surface area contributed by atoms with Crippen LogP contribution in [0.5, 0.6) is 0 Å². The highest BCUT2D eigenvalue weighted by atomic mass is 35.5. The van der Waals surface area contributed by atoms with Gasteiger partial charge in [0.1, 0.15) is 0 Å². The molecule has 2 heteroatoms. The molecule has 1 aromatic rings. The van der Waals surface area contributed by atoms with Crippen molar-refractivity contribution in [2.24, 2.45) is 0 Å². The van der Waals surface area contributed by atoms with E-state index in [1.54, 1.807) is 0 Å². The van der Waals surface area contributed by atoms with Gasteiger partial charge in [-0.25, -0.2) is 0 Å². The molecule has 1 nitrogen and oxygen atoms in total. The van der Waals surface area contributed by atoms with Gasteiger partial charge in [-0.05, 0) is 61.5 Å². The van der Waals surface area contributed by atoms with E-state index in [9.17, 15) is 0 Å². The van der Waals surface area contributed by atoms with Crippen LogP contribution >= 0.6 is 11.6 Å². The number of hydrogen-bond acceptors (Lipinski definition) is 1. The highest BCUT2D eigenvalue weighted by Gasteiger charge is 2.14. The average Bonchev–Trinajstić information content (AvgIpc) is 2.57. The second kappa shape index (κ2) is 6.42. The third-order valence-corrected chi connectivity index (χ3v) is 3.98. The summed E-state index contributed by atoms with van der Waals surface area (Å²) in [6.45, 7) is 4.44. The van der Waals surface area contributed by atoms with Gasteiger partial charge < -0.3 is 5.32 Å². The minimum absolute atomic E-state index is 0.974. The molecule has 0 atom stereocenters. The summed E-state index contributed by atoms with van der Waals surface area (Å²) in [5, 5.41) is 4.44. The molecule has 1 aliphatic rings. The van der Waals surface area contributed by atoms with Crippen molar-refractivity contribution in [1.82, 2.24) is 5.32 Å². The number of benzene rings is 1. The largest absolute Gasteiger partial charge is 0.316 e. The van der Waals surface area contributed by atoms with E-state index >= 15 is 0 Å². The molecule has 0 unspecified atom stereocenters. The van der Waals surface area contributed by atoms with Gasteiger partial charge >= 0.3 is 0 Å². The summed E-state index contributed by atoms with van der Waals surface area (Å²) in [5.74, 6) is 0. The summed E-state index contributed by atoms with van der Waals surface area (Å²) in [6, 6.07) is 4.31. The summed E-state index contributed by atoms with van der Waals surface area (Å²) >= 11 is 6.37. The first-order chi connectivity index (χ1) is 8.33. The Morgan fingerprint density at radius 1 is 1.18 bits per heavy atom. The van der Waals surface area contributed by atoms with Crippen molar-refractivity contribution in [3.05, 3.63) is 33.8 Å². The predicted octanol–water partition coefficient (Wildman–Crippen LogP) is 3.76. The molecule has 0 spiro atoms. The van der Waals surface area contributed by atoms with Crippen molar-refractivity contribution in [1.29, 1.82) is 0 Å². The summed E-state index contributed by atoms with van der Waals surface area (Å²) in [4.78, 5) is 0. The number of rotatable bonds is 4. The molecule has 2 rings (SSSR count). The lowest BCUT2D eigenvalue weighted by atomic mass is 9.94. The first kappa shape index (κ1) is 12.9. The van der Waals surface area contributed by atoms with Crippen LogP contribution in [-0.2, 0) is 19.3 Å². The molecule has 94 valence electrons. The zero-order valence-electron chi connectivity index (χ0n) is 10.7. The Morgan fingerprint density at radius 2 is 2.00 bits per heavy atom. The molecule has 0 aromatic heterocycles. The van der Waals surface area contributed by atoms with Crippen LogP contribution in [0.4, 0.5) is 0 Å². The van der Waals surface area contributed by atoms with Crippen molar-refractivity contribution in [3.8, 4) is 0 Å². The topological polar surface area (TPSA) is 12.0 Å². The van der Waals surface area contributed by atoms with E-state index in [0.29, 0.717) is 0 Å². The Labute approximate surface area is 110 Å². The van der Waals surface area contributed by atoms with Crippen LogP contribution in [0.15, 0.2) is 12.1 Å². The van der Waals surface area contributed by atoms with E-state index in [1.165, 1.54) is 36.0 Å². The lowest BCUT2D eigenvalue weighted by Crippen LogP contribution is -2.16. The zero-order valence-corrected chi connectivity index (χ0v) is 11.4. The average molecular weight is 252 g/mol. The first-order valence-corrected chi connectivity index (χ1v) is 7.20. The van der Waals surface area contributed by atoms with Crippen LogP contribution in [-0.4, -0.2) is 13.1 Å². The monoisotopic (exact) mass is 251 g/mol. The summed E-state index contributed by atoms with van der Waals surface area (Å²) in [6.07, 6.45) is 7.27. The minimum Gasteiger partial charge on any atom is -0.316 e. The molecule has 1 heterocycles. The van der Waals surface area contributed by atoms with Gasteiger partial charge in [-0.2, -0.15) is 0 Å².